The number of hydrogen-bond acceptors (Lipinski definition) is 3. The van der Waals surface area contributed by atoms with Crippen LogP contribution < -0.4 is 5.73 Å². The summed E-state index contributed by atoms with van der Waals surface area (Å²) in [5.74, 6) is 1.86. The van der Waals surface area contributed by atoms with Gasteiger partial charge in [0.05, 0.1) is 5.52 Å². The quantitative estimate of drug-likeness (QED) is 0.876. The first-order valence-corrected chi connectivity index (χ1v) is 6.24. The van der Waals surface area contributed by atoms with Crippen LogP contribution in [0.1, 0.15) is 24.6 Å². The highest BCUT2D eigenvalue weighted by molar-refractivity contribution is 9.10. The van der Waals surface area contributed by atoms with E-state index in [4.69, 9.17) is 17.3 Å². The fourth-order valence-corrected chi connectivity index (χ4v) is 2.62. The Bertz CT molecular complexity index is 581. The summed E-state index contributed by atoms with van der Waals surface area (Å²) in [5, 5.41) is 1.44. The molecule has 3 nitrogen and oxygen atoms in total. The molecule has 0 amide bonds. The van der Waals surface area contributed by atoms with E-state index in [1.165, 1.54) is 0 Å². The Morgan fingerprint density at radius 2 is 2.06 bits per heavy atom. The number of aromatic nitrogens is 2. The molecular weight excluding hydrogens is 289 g/mol. The van der Waals surface area contributed by atoms with Crippen LogP contribution in [-0.2, 0) is 0 Å². The summed E-state index contributed by atoms with van der Waals surface area (Å²) in [6, 6.07) is 3.63. The van der Waals surface area contributed by atoms with E-state index in [1.54, 1.807) is 6.07 Å². The minimum Gasteiger partial charge on any atom is -0.383 e. The van der Waals surface area contributed by atoms with Crippen molar-refractivity contribution in [2.24, 2.45) is 0 Å². The molecule has 3 rings (SSSR count). The molecule has 0 aliphatic heterocycles. The monoisotopic (exact) mass is 297 g/mol. The highest BCUT2D eigenvalue weighted by Gasteiger charge is 2.27. The SMILES string of the molecule is Nc1nc(C2CC2)nc2c(Br)cc(Cl)cc12. The predicted molar refractivity (Wildman–Crippen MR) is 68.6 cm³/mol. The van der Waals surface area contributed by atoms with Crippen molar-refractivity contribution in [3.05, 3.63) is 27.5 Å². The summed E-state index contributed by atoms with van der Waals surface area (Å²) in [5.41, 5.74) is 6.78. The minimum absolute atomic E-state index is 0.495. The first-order chi connectivity index (χ1) is 7.65. The van der Waals surface area contributed by atoms with Crippen molar-refractivity contribution in [3.8, 4) is 0 Å². The molecule has 0 unspecified atom stereocenters. The van der Waals surface area contributed by atoms with Gasteiger partial charge in [0.25, 0.3) is 0 Å². The second-order valence-corrected chi connectivity index (χ2v) is 5.32. The molecule has 1 fully saturated rings. The maximum absolute atomic E-state index is 5.97. The lowest BCUT2D eigenvalue weighted by atomic mass is 10.2. The average molecular weight is 299 g/mol. The van der Waals surface area contributed by atoms with Crippen molar-refractivity contribution in [2.75, 3.05) is 5.73 Å². The Labute approximate surface area is 106 Å². The molecule has 0 bridgehead atoms. The van der Waals surface area contributed by atoms with Crippen LogP contribution in [0.25, 0.3) is 10.9 Å². The molecule has 82 valence electrons. The summed E-state index contributed by atoms with van der Waals surface area (Å²) < 4.78 is 0.867. The van der Waals surface area contributed by atoms with E-state index in [2.05, 4.69) is 25.9 Å². The van der Waals surface area contributed by atoms with E-state index in [0.717, 1.165) is 34.0 Å². The van der Waals surface area contributed by atoms with Gasteiger partial charge >= 0.3 is 0 Å². The molecule has 1 aliphatic carbocycles. The fraction of sp³-hybridized carbons (Fsp3) is 0.273. The Morgan fingerprint density at radius 3 is 2.75 bits per heavy atom. The Balaban J connectivity index is 2.32. The summed E-state index contributed by atoms with van der Waals surface area (Å²) in [7, 11) is 0. The third kappa shape index (κ3) is 1.66. The molecule has 5 heteroatoms. The van der Waals surface area contributed by atoms with Crippen LogP contribution in [0.15, 0.2) is 16.6 Å². The molecule has 1 aliphatic rings. The van der Waals surface area contributed by atoms with E-state index in [1.807, 2.05) is 6.07 Å². The molecule has 0 radical (unpaired) electrons. The number of nitrogen functional groups attached to an aromatic ring is 1. The Hall–Kier alpha value is -0.870. The topological polar surface area (TPSA) is 51.8 Å². The number of hydrogen-bond donors (Lipinski definition) is 1. The third-order valence-electron chi connectivity index (χ3n) is 2.71. The lowest BCUT2D eigenvalue weighted by Gasteiger charge is -2.06. The van der Waals surface area contributed by atoms with Gasteiger partial charge in [-0.2, -0.15) is 0 Å². The lowest BCUT2D eigenvalue weighted by molar-refractivity contribution is 0.951. The van der Waals surface area contributed by atoms with Crippen molar-refractivity contribution in [1.29, 1.82) is 0 Å². The zero-order valence-corrected chi connectivity index (χ0v) is 10.7. The Morgan fingerprint density at radius 1 is 1.31 bits per heavy atom. The molecule has 16 heavy (non-hydrogen) atoms. The van der Waals surface area contributed by atoms with Gasteiger partial charge in [0, 0.05) is 20.8 Å². The largest absolute Gasteiger partial charge is 0.383 e. The van der Waals surface area contributed by atoms with Gasteiger partial charge in [-0.25, -0.2) is 9.97 Å². The van der Waals surface area contributed by atoms with E-state index < -0.39 is 0 Å². The number of rotatable bonds is 1. The summed E-state index contributed by atoms with van der Waals surface area (Å²) in [6.45, 7) is 0. The predicted octanol–water partition coefficient (Wildman–Crippen LogP) is 3.51. The van der Waals surface area contributed by atoms with Crippen LogP contribution in [0, 0.1) is 0 Å². The van der Waals surface area contributed by atoms with Crippen LogP contribution in [0.4, 0.5) is 5.82 Å². The number of halogens is 2. The summed E-state index contributed by atoms with van der Waals surface area (Å²) in [6.07, 6.45) is 2.33. The molecule has 1 aromatic carbocycles. The molecule has 0 atom stereocenters. The normalized spacial score (nSPS) is 15.6. The van der Waals surface area contributed by atoms with Gasteiger partial charge in [0.1, 0.15) is 11.6 Å². The number of anilines is 1. The van der Waals surface area contributed by atoms with Crippen LogP contribution in [0.2, 0.25) is 5.02 Å². The first-order valence-electron chi connectivity index (χ1n) is 5.07. The van der Waals surface area contributed by atoms with Crippen LogP contribution >= 0.6 is 27.5 Å². The molecule has 0 saturated heterocycles. The van der Waals surface area contributed by atoms with Crippen molar-refractivity contribution in [3.63, 3.8) is 0 Å². The zero-order chi connectivity index (χ0) is 11.3. The maximum atomic E-state index is 5.97. The number of nitrogens with two attached hydrogens (primary N) is 1. The minimum atomic E-state index is 0.495. The van der Waals surface area contributed by atoms with Gasteiger partial charge < -0.3 is 5.73 Å². The summed E-state index contributed by atoms with van der Waals surface area (Å²) >= 11 is 9.42. The average Bonchev–Trinajstić information content (AvgIpc) is 3.02. The Kier molecular flexibility index (Phi) is 2.30. The molecule has 2 N–H and O–H groups in total. The molecule has 1 heterocycles. The molecule has 2 aromatic rings. The van der Waals surface area contributed by atoms with Crippen molar-refractivity contribution >= 4 is 44.3 Å². The standard InChI is InChI=1S/C11H9BrClN3/c12-8-4-6(13)3-7-9(8)15-11(5-1-2-5)16-10(7)14/h3-5H,1-2H2,(H2,14,15,16). The van der Waals surface area contributed by atoms with Crippen LogP contribution in [0.3, 0.4) is 0 Å². The smallest absolute Gasteiger partial charge is 0.135 e. The van der Waals surface area contributed by atoms with Crippen molar-refractivity contribution in [2.45, 2.75) is 18.8 Å². The number of benzene rings is 1. The maximum Gasteiger partial charge on any atom is 0.135 e. The van der Waals surface area contributed by atoms with Gasteiger partial charge in [-0.05, 0) is 40.9 Å². The van der Waals surface area contributed by atoms with Gasteiger partial charge in [0.15, 0.2) is 0 Å². The highest BCUT2D eigenvalue weighted by Crippen LogP contribution is 2.40. The second-order valence-electron chi connectivity index (χ2n) is 4.03. The molecule has 1 aromatic heterocycles. The molecule has 1 saturated carbocycles. The van der Waals surface area contributed by atoms with E-state index in [9.17, 15) is 0 Å². The summed E-state index contributed by atoms with van der Waals surface area (Å²) in [4.78, 5) is 8.87. The van der Waals surface area contributed by atoms with Crippen LogP contribution in [-0.4, -0.2) is 9.97 Å². The molecule has 0 spiro atoms. The van der Waals surface area contributed by atoms with Crippen LogP contribution in [0.5, 0.6) is 0 Å². The van der Waals surface area contributed by atoms with E-state index in [0.29, 0.717) is 16.8 Å². The number of fused-ring (bicyclic) bond motifs is 1. The fourth-order valence-electron chi connectivity index (χ4n) is 1.72. The third-order valence-corrected chi connectivity index (χ3v) is 3.53. The van der Waals surface area contributed by atoms with Crippen molar-refractivity contribution < 1.29 is 0 Å². The van der Waals surface area contributed by atoms with E-state index in [-0.39, 0.29) is 0 Å². The van der Waals surface area contributed by atoms with Gasteiger partial charge in [-0.3, -0.25) is 0 Å². The zero-order valence-electron chi connectivity index (χ0n) is 8.37. The first kappa shape index (κ1) is 10.3. The van der Waals surface area contributed by atoms with E-state index >= 15 is 0 Å². The van der Waals surface area contributed by atoms with Gasteiger partial charge in [-0.15, -0.1) is 0 Å². The van der Waals surface area contributed by atoms with Gasteiger partial charge in [-0.1, -0.05) is 11.6 Å². The lowest BCUT2D eigenvalue weighted by Crippen LogP contribution is -2.00. The number of nitrogens with zero attached hydrogens (tertiary/aromatic N) is 2. The second kappa shape index (κ2) is 3.57. The highest BCUT2D eigenvalue weighted by atomic mass is 79.9. The van der Waals surface area contributed by atoms with Gasteiger partial charge in [0.2, 0.25) is 0 Å². The molecular formula is C11H9BrClN3. The van der Waals surface area contributed by atoms with Crippen molar-refractivity contribution in [1.82, 2.24) is 9.97 Å².